The minimum atomic E-state index is -0.657. The molecule has 1 aromatic heterocycles. The number of aryl methyl sites for hydroxylation is 1. The Morgan fingerprint density at radius 3 is 2.84 bits per heavy atom. The van der Waals surface area contributed by atoms with E-state index in [-0.39, 0.29) is 46.0 Å². The maximum Gasteiger partial charge on any atom is 0.202 e. The maximum absolute atomic E-state index is 11.7. The van der Waals surface area contributed by atoms with Crippen LogP contribution in [0.4, 0.5) is 0 Å². The number of piperidine rings is 1. The number of hydrogen-bond donors (Lipinski definition) is 0. The summed E-state index contributed by atoms with van der Waals surface area (Å²) >= 11 is 0. The second kappa shape index (κ2) is 10.6. The average molecular weight is 952 g/mol. The Kier molecular flexibility index (Phi) is 8.59. The molecule has 10 heteroatoms. The number of benzene rings is 1. The number of hydrogen-bond acceptors (Lipinski definition) is 6. The van der Waals surface area contributed by atoms with Crippen molar-refractivity contribution in [2.45, 2.75) is 37.8 Å². The van der Waals surface area contributed by atoms with E-state index in [0.717, 1.165) is 45.4 Å². The van der Waals surface area contributed by atoms with E-state index in [0.29, 0.717) is 17.9 Å². The van der Waals surface area contributed by atoms with E-state index in [4.69, 9.17) is 4.74 Å². The summed E-state index contributed by atoms with van der Waals surface area (Å²) in [5, 5.41) is 3.58. The molecule has 1 aromatic carbocycles. The van der Waals surface area contributed by atoms with Gasteiger partial charge < -0.3 is 14.1 Å². The third kappa shape index (κ3) is 4.46. The van der Waals surface area contributed by atoms with Crippen molar-refractivity contribution in [3.63, 3.8) is 0 Å². The first-order valence-corrected chi connectivity index (χ1v) is 10.3. The van der Waals surface area contributed by atoms with Gasteiger partial charge in [0.15, 0.2) is 0 Å². The second-order valence-electron chi connectivity index (χ2n) is 8.40. The van der Waals surface area contributed by atoms with Crippen molar-refractivity contribution < 1.29 is 54.3 Å². The van der Waals surface area contributed by atoms with E-state index >= 15 is 0 Å². The van der Waals surface area contributed by atoms with Gasteiger partial charge in [0.25, 0.3) is 0 Å². The van der Waals surface area contributed by atoms with Crippen molar-refractivity contribution in [2.75, 3.05) is 13.1 Å². The summed E-state index contributed by atoms with van der Waals surface area (Å²) in [5.41, 5.74) is 4.25. The van der Waals surface area contributed by atoms with Crippen LogP contribution in [0.2, 0.25) is 0 Å². The number of fused-ring (bicyclic) bond motifs is 6. The molecule has 0 spiro atoms. The minimum Gasteiger partial charge on any atom is -0.515 e. The number of nitrogens with zero attached hydrogens (tertiary/aromatic N) is 3. The number of aromatic nitrogens is 1. The van der Waals surface area contributed by atoms with Crippen molar-refractivity contribution >= 4 is 16.9 Å². The van der Waals surface area contributed by atoms with Crippen molar-refractivity contribution in [2.24, 2.45) is 24.2 Å². The Labute approximate surface area is 208 Å². The van der Waals surface area contributed by atoms with Crippen molar-refractivity contribution in [1.29, 1.82) is 0 Å². The summed E-state index contributed by atoms with van der Waals surface area (Å²) in [5.74, 6) is 0.363. The first-order chi connectivity index (χ1) is 14.2. The summed E-state index contributed by atoms with van der Waals surface area (Å²) < 4.78 is 7.80. The molecule has 4 atom stereocenters. The van der Waals surface area contributed by atoms with Gasteiger partial charge in [0.05, 0.1) is 0 Å². The van der Waals surface area contributed by atoms with E-state index in [2.05, 4.69) is 57.4 Å². The summed E-state index contributed by atoms with van der Waals surface area (Å²) in [6, 6.07) is 9.08. The van der Waals surface area contributed by atoms with Gasteiger partial charge in [-0.25, -0.2) is 0 Å². The zero-order valence-corrected chi connectivity index (χ0v) is 28.7. The van der Waals surface area contributed by atoms with Gasteiger partial charge in [0.2, 0.25) is 5.97 Å². The zero-order chi connectivity index (χ0) is 20.0. The SMILES string of the molecule is Cn1c2c(c3ccccc31)CCN1CC3CC[C@H](OC(=O)[CH-]ON=O)[CH-]C3CC21.[Re].[Rf].[Rh]. The zero-order valence-electron chi connectivity index (χ0n) is 17.9. The van der Waals surface area contributed by atoms with Crippen molar-refractivity contribution in [3.8, 4) is 0 Å². The molecule has 0 amide bonds. The molecule has 5 rings (SSSR count). The standard InChI is InChI=1S/C22H25N3O4.Re.Rf.Rh/c1-24-19-5-3-2-4-17(19)18-8-9-25-12-14-6-7-16(29-21(26)13-28-23-27)10-15(14)11-20(25)22(18)24;;;/h2-5,10,13-16,20H,6-9,11-12H2,1H3;;;/q-2;;;/t14?,15?,16-,20?;;;/m0.../s1. The van der Waals surface area contributed by atoms with E-state index in [1.54, 1.807) is 0 Å². The molecule has 32 heavy (non-hydrogen) atoms. The molecule has 3 aliphatic rings. The van der Waals surface area contributed by atoms with Crippen LogP contribution in [0.25, 0.3) is 10.9 Å². The molecular formula is C22H25N3O4ReRfRh-2. The van der Waals surface area contributed by atoms with Crippen LogP contribution in [-0.2, 0) is 67.7 Å². The minimum absolute atomic E-state index is 0. The Bertz CT molecular complexity index is 959. The Morgan fingerprint density at radius 2 is 2.06 bits per heavy atom. The van der Waals surface area contributed by atoms with Gasteiger partial charge in [-0.15, -0.1) is 4.91 Å². The second-order valence-corrected chi connectivity index (χ2v) is 8.40. The van der Waals surface area contributed by atoms with Crippen LogP contribution in [0.5, 0.6) is 0 Å². The molecule has 3 unspecified atom stereocenters. The van der Waals surface area contributed by atoms with Gasteiger partial charge in [-0.3, -0.25) is 16.1 Å². The first-order valence-electron chi connectivity index (χ1n) is 10.3. The molecule has 2 aliphatic heterocycles. The monoisotopic (exact) mass is 952 g/mol. The fraction of sp³-hybridized carbons (Fsp3) is 0.500. The third-order valence-corrected chi connectivity index (χ3v) is 6.98. The van der Waals surface area contributed by atoms with Crippen molar-refractivity contribution in [1.82, 2.24) is 9.47 Å². The van der Waals surface area contributed by atoms with E-state index in [9.17, 15) is 9.70 Å². The number of ether oxygens (including phenoxy) is 1. The van der Waals surface area contributed by atoms with Crippen LogP contribution >= 0.6 is 0 Å². The molecule has 1 saturated carbocycles. The van der Waals surface area contributed by atoms with Crippen LogP contribution in [0.1, 0.15) is 36.6 Å². The predicted molar refractivity (Wildman–Crippen MR) is 107 cm³/mol. The van der Waals surface area contributed by atoms with Gasteiger partial charge in [0.1, 0.15) is 5.34 Å². The van der Waals surface area contributed by atoms with E-state index in [1.165, 1.54) is 22.2 Å². The molecule has 0 N–H and O–H groups in total. The largest absolute Gasteiger partial charge is 0.515 e. The molecular weight excluding hydrogens is 926 g/mol. The summed E-state index contributed by atoms with van der Waals surface area (Å²) in [7, 11) is 2.18. The maximum atomic E-state index is 11.7. The quantitative estimate of drug-likeness (QED) is 0.155. The normalized spacial score (nSPS) is 26.0. The number of carbonyl (C=O) groups excluding carboxylic acids is 1. The number of carbonyl (C=O) groups is 1. The van der Waals surface area contributed by atoms with Crippen molar-refractivity contribution in [3.05, 3.63) is 53.5 Å². The molecule has 0 bridgehead atoms. The van der Waals surface area contributed by atoms with Gasteiger partial charge in [0, 0.05) is 76.1 Å². The predicted octanol–water partition coefficient (Wildman–Crippen LogP) is 3.48. The Balaban J connectivity index is 0.00000121. The van der Waals surface area contributed by atoms with Gasteiger partial charge in [-0.05, 0) is 37.1 Å². The molecule has 2 aromatic rings. The number of rotatable bonds is 4. The summed E-state index contributed by atoms with van der Waals surface area (Å²) in [6.45, 7) is 2.93. The van der Waals surface area contributed by atoms with Gasteiger partial charge in [-0.2, -0.15) is 5.92 Å². The number of para-hydroxylation sites is 1. The van der Waals surface area contributed by atoms with Gasteiger partial charge in [-0.1, -0.05) is 43.6 Å². The fourth-order valence-corrected chi connectivity index (χ4v) is 5.76. The average Bonchev–Trinajstić information content (AvgIpc) is 3.03. The van der Waals surface area contributed by atoms with E-state index in [1.807, 2.05) is 0 Å². The van der Waals surface area contributed by atoms with Crippen LogP contribution < -0.4 is 0 Å². The fourth-order valence-electron chi connectivity index (χ4n) is 5.76. The van der Waals surface area contributed by atoms with E-state index < -0.39 is 5.97 Å². The number of esters is 1. The molecule has 1 saturated heterocycles. The first kappa shape index (κ1) is 26.0. The van der Waals surface area contributed by atoms with Crippen LogP contribution in [-0.4, -0.2) is 34.6 Å². The topological polar surface area (TPSA) is 73.1 Å². The molecule has 3 heterocycles. The molecule has 172 valence electrons. The van der Waals surface area contributed by atoms with Crippen LogP contribution in [0.15, 0.2) is 29.6 Å². The molecule has 2 fully saturated rings. The summed E-state index contributed by atoms with van der Waals surface area (Å²) in [4.78, 5) is 28.5. The van der Waals surface area contributed by atoms with Crippen LogP contribution in [0, 0.1) is 29.8 Å². The smallest absolute Gasteiger partial charge is 0.202 e. The van der Waals surface area contributed by atoms with Crippen LogP contribution in [0.3, 0.4) is 0 Å². The van der Waals surface area contributed by atoms with Gasteiger partial charge >= 0.3 is 0 Å². The molecule has 1 aliphatic carbocycles. The third-order valence-electron chi connectivity index (χ3n) is 6.98. The molecule has 7 nitrogen and oxygen atoms in total. The Morgan fingerprint density at radius 1 is 1.28 bits per heavy atom. The molecule has 2 radical (unpaired) electrons. The Hall–Kier alpha value is -2.25. The summed E-state index contributed by atoms with van der Waals surface area (Å²) in [6.07, 6.45) is 5.96.